The van der Waals surface area contributed by atoms with Gasteiger partial charge < -0.3 is 14.8 Å². The third kappa shape index (κ3) is 5.49. The van der Waals surface area contributed by atoms with Crippen molar-refractivity contribution in [3.63, 3.8) is 0 Å². The summed E-state index contributed by atoms with van der Waals surface area (Å²) in [6.45, 7) is 7.98. The lowest BCUT2D eigenvalue weighted by atomic mass is 10.2. The summed E-state index contributed by atoms with van der Waals surface area (Å²) in [5.74, 6) is 1.41. The quantitative estimate of drug-likeness (QED) is 0.688. The van der Waals surface area contributed by atoms with Gasteiger partial charge in [-0.25, -0.2) is 0 Å². The average molecular weight is 410 g/mol. The highest BCUT2D eigenvalue weighted by atomic mass is 79.9. The number of carbonyl (C=O) groups excluding carboxylic acids is 1. The Kier molecular flexibility index (Phi) is 7.31. The first kappa shape index (κ1) is 19.3. The van der Waals surface area contributed by atoms with Gasteiger partial charge in [-0.2, -0.15) is 5.10 Å². The molecule has 1 heterocycles. The molecule has 1 aromatic carbocycles. The van der Waals surface area contributed by atoms with Crippen LogP contribution in [0, 0.1) is 6.92 Å². The minimum atomic E-state index is -0.0159. The molecule has 0 fully saturated rings. The molecule has 1 amide bonds. The molecule has 25 heavy (non-hydrogen) atoms. The number of hydrogen-bond donors (Lipinski definition) is 1. The number of rotatable bonds is 9. The number of amides is 1. The molecule has 0 bridgehead atoms. The van der Waals surface area contributed by atoms with Crippen LogP contribution in [-0.4, -0.2) is 28.9 Å². The molecule has 6 nitrogen and oxygen atoms in total. The van der Waals surface area contributed by atoms with Gasteiger partial charge in [-0.05, 0) is 54.4 Å². The number of carbonyl (C=O) groups is 1. The maximum Gasteiger partial charge on any atom is 0.222 e. The monoisotopic (exact) mass is 409 g/mol. The molecule has 136 valence electrons. The number of nitrogens with zero attached hydrogens (tertiary/aromatic N) is 2. The second kappa shape index (κ2) is 9.46. The minimum Gasteiger partial charge on any atom is -0.490 e. The van der Waals surface area contributed by atoms with E-state index in [1.165, 1.54) is 0 Å². The summed E-state index contributed by atoms with van der Waals surface area (Å²) in [7, 11) is 0. The van der Waals surface area contributed by atoms with Crippen molar-refractivity contribution in [3.8, 4) is 11.5 Å². The van der Waals surface area contributed by atoms with Gasteiger partial charge in [-0.15, -0.1) is 0 Å². The van der Waals surface area contributed by atoms with Gasteiger partial charge in [0.1, 0.15) is 0 Å². The van der Waals surface area contributed by atoms with Gasteiger partial charge in [0.15, 0.2) is 11.5 Å². The van der Waals surface area contributed by atoms with E-state index in [2.05, 4.69) is 26.3 Å². The van der Waals surface area contributed by atoms with Gasteiger partial charge in [0.2, 0.25) is 5.91 Å². The fraction of sp³-hybridized carbons (Fsp3) is 0.444. The van der Waals surface area contributed by atoms with E-state index in [0.717, 1.165) is 21.5 Å². The first-order valence-corrected chi connectivity index (χ1v) is 9.17. The maximum absolute atomic E-state index is 12.1. The molecule has 0 saturated heterocycles. The molecule has 0 spiro atoms. The lowest BCUT2D eigenvalue weighted by molar-refractivity contribution is -0.121. The van der Waals surface area contributed by atoms with Crippen molar-refractivity contribution >= 4 is 21.8 Å². The van der Waals surface area contributed by atoms with Crippen LogP contribution in [0.15, 0.2) is 28.9 Å². The van der Waals surface area contributed by atoms with Crippen LogP contribution < -0.4 is 14.8 Å². The zero-order chi connectivity index (χ0) is 18.2. The van der Waals surface area contributed by atoms with Crippen LogP contribution in [0.25, 0.3) is 0 Å². The van der Waals surface area contributed by atoms with E-state index in [4.69, 9.17) is 9.47 Å². The fourth-order valence-corrected chi connectivity index (χ4v) is 2.65. The summed E-state index contributed by atoms with van der Waals surface area (Å²) in [6, 6.07) is 5.71. The second-order valence-corrected chi connectivity index (χ2v) is 6.33. The van der Waals surface area contributed by atoms with E-state index in [-0.39, 0.29) is 5.91 Å². The van der Waals surface area contributed by atoms with Gasteiger partial charge in [0, 0.05) is 25.2 Å². The van der Waals surface area contributed by atoms with Crippen molar-refractivity contribution in [2.45, 2.75) is 40.3 Å². The SMILES string of the molecule is CCOc1ccc(CNC(=O)CCn2ncc(Br)c2C)cc1OCC. The zero-order valence-electron chi connectivity index (χ0n) is 14.8. The van der Waals surface area contributed by atoms with Crippen LogP contribution in [-0.2, 0) is 17.9 Å². The Bertz CT molecular complexity index is 716. The molecular formula is C18H24BrN3O3. The maximum atomic E-state index is 12.1. The van der Waals surface area contributed by atoms with E-state index in [1.54, 1.807) is 6.20 Å². The molecule has 1 N–H and O–H groups in total. The third-order valence-corrected chi connectivity index (χ3v) is 4.47. The molecular weight excluding hydrogens is 386 g/mol. The molecule has 2 aromatic rings. The summed E-state index contributed by atoms with van der Waals surface area (Å²) < 4.78 is 13.9. The van der Waals surface area contributed by atoms with Crippen molar-refractivity contribution in [3.05, 3.63) is 40.1 Å². The minimum absolute atomic E-state index is 0.0159. The van der Waals surface area contributed by atoms with Crippen molar-refractivity contribution in [1.29, 1.82) is 0 Å². The number of aromatic nitrogens is 2. The molecule has 0 aliphatic heterocycles. The normalized spacial score (nSPS) is 10.6. The average Bonchev–Trinajstić information content (AvgIpc) is 2.92. The summed E-state index contributed by atoms with van der Waals surface area (Å²) in [6.07, 6.45) is 2.12. The predicted molar refractivity (Wildman–Crippen MR) is 99.9 cm³/mol. The topological polar surface area (TPSA) is 65.4 Å². The van der Waals surface area contributed by atoms with Crippen LogP contribution in [0.4, 0.5) is 0 Å². The van der Waals surface area contributed by atoms with Crippen molar-refractivity contribution in [2.24, 2.45) is 0 Å². The van der Waals surface area contributed by atoms with Crippen LogP contribution in [0.3, 0.4) is 0 Å². The molecule has 0 aliphatic rings. The molecule has 0 radical (unpaired) electrons. The third-order valence-electron chi connectivity index (χ3n) is 3.69. The van der Waals surface area contributed by atoms with Crippen LogP contribution in [0.5, 0.6) is 11.5 Å². The Morgan fingerprint density at radius 1 is 1.24 bits per heavy atom. The lowest BCUT2D eigenvalue weighted by Crippen LogP contribution is -2.24. The smallest absolute Gasteiger partial charge is 0.222 e. The Morgan fingerprint density at radius 3 is 2.60 bits per heavy atom. The fourth-order valence-electron chi connectivity index (χ4n) is 2.35. The molecule has 7 heteroatoms. The van der Waals surface area contributed by atoms with E-state index < -0.39 is 0 Å². The Morgan fingerprint density at radius 2 is 1.96 bits per heavy atom. The Hall–Kier alpha value is -2.02. The first-order chi connectivity index (χ1) is 12.0. The molecule has 0 unspecified atom stereocenters. The van der Waals surface area contributed by atoms with E-state index in [0.29, 0.717) is 38.5 Å². The summed E-state index contributed by atoms with van der Waals surface area (Å²) in [5.41, 5.74) is 1.99. The second-order valence-electron chi connectivity index (χ2n) is 5.47. The standard InChI is InChI=1S/C18H24BrN3O3/c1-4-24-16-7-6-14(10-17(16)25-5-2)11-20-18(23)8-9-22-13(3)15(19)12-21-22/h6-7,10,12H,4-5,8-9,11H2,1-3H3,(H,20,23). The first-order valence-electron chi connectivity index (χ1n) is 8.38. The highest BCUT2D eigenvalue weighted by Crippen LogP contribution is 2.28. The molecule has 1 aromatic heterocycles. The number of nitrogens with one attached hydrogen (secondary N) is 1. The van der Waals surface area contributed by atoms with Gasteiger partial charge in [0.25, 0.3) is 0 Å². The Labute approximate surface area is 156 Å². The summed E-state index contributed by atoms with van der Waals surface area (Å²) >= 11 is 3.41. The number of benzene rings is 1. The Balaban J connectivity index is 1.88. The number of hydrogen-bond acceptors (Lipinski definition) is 4. The van der Waals surface area contributed by atoms with Crippen LogP contribution in [0.2, 0.25) is 0 Å². The molecule has 2 rings (SSSR count). The van der Waals surface area contributed by atoms with E-state index >= 15 is 0 Å². The number of aryl methyl sites for hydroxylation is 1. The molecule has 0 aliphatic carbocycles. The lowest BCUT2D eigenvalue weighted by Gasteiger charge is -2.13. The van der Waals surface area contributed by atoms with E-state index in [9.17, 15) is 4.79 Å². The number of halogens is 1. The van der Waals surface area contributed by atoms with Gasteiger partial charge in [-0.3, -0.25) is 9.48 Å². The highest BCUT2D eigenvalue weighted by Gasteiger charge is 2.09. The van der Waals surface area contributed by atoms with Crippen molar-refractivity contribution in [2.75, 3.05) is 13.2 Å². The van der Waals surface area contributed by atoms with Crippen molar-refractivity contribution < 1.29 is 14.3 Å². The largest absolute Gasteiger partial charge is 0.490 e. The van der Waals surface area contributed by atoms with Crippen LogP contribution in [0.1, 0.15) is 31.5 Å². The highest BCUT2D eigenvalue weighted by molar-refractivity contribution is 9.10. The molecule has 0 saturated carbocycles. The predicted octanol–water partition coefficient (Wildman–Crippen LogP) is 3.46. The summed E-state index contributed by atoms with van der Waals surface area (Å²) in [5, 5.41) is 7.15. The molecule has 0 atom stereocenters. The van der Waals surface area contributed by atoms with Gasteiger partial charge in [0.05, 0.1) is 23.9 Å². The zero-order valence-corrected chi connectivity index (χ0v) is 16.4. The summed E-state index contributed by atoms with van der Waals surface area (Å²) in [4.78, 5) is 12.1. The van der Waals surface area contributed by atoms with Gasteiger partial charge in [-0.1, -0.05) is 6.07 Å². The van der Waals surface area contributed by atoms with Gasteiger partial charge >= 0.3 is 0 Å². The van der Waals surface area contributed by atoms with Crippen molar-refractivity contribution in [1.82, 2.24) is 15.1 Å². The van der Waals surface area contributed by atoms with Crippen LogP contribution >= 0.6 is 15.9 Å². The number of ether oxygens (including phenoxy) is 2. The van der Waals surface area contributed by atoms with E-state index in [1.807, 2.05) is 43.7 Å².